The maximum atomic E-state index is 7.88. The number of nitrogens with zero attached hydrogens (tertiary/aromatic N) is 1. The fourth-order valence-electron chi connectivity index (χ4n) is 2.20. The van der Waals surface area contributed by atoms with Gasteiger partial charge in [-0.15, -0.1) is 0 Å². The summed E-state index contributed by atoms with van der Waals surface area (Å²) in [5, 5.41) is 7.88. The number of rotatable bonds is 2. The van der Waals surface area contributed by atoms with Crippen LogP contribution in [0.4, 0.5) is 0 Å². The molecule has 1 fully saturated rings. The molecule has 0 aromatic heterocycles. The van der Waals surface area contributed by atoms with Crippen LogP contribution < -0.4 is 0 Å². The molecule has 1 heterocycles. The summed E-state index contributed by atoms with van der Waals surface area (Å²) in [7, 11) is 0. The number of benzene rings is 1. The Morgan fingerprint density at radius 3 is 2.67 bits per heavy atom. The predicted molar refractivity (Wildman–Crippen MR) is 62.8 cm³/mol. The molecule has 2 rings (SSSR count). The van der Waals surface area contributed by atoms with E-state index in [2.05, 4.69) is 18.7 Å². The number of hydrogen-bond donors (Lipinski definition) is 1. The van der Waals surface area contributed by atoms with Crippen molar-refractivity contribution in [3.8, 4) is 0 Å². The van der Waals surface area contributed by atoms with Gasteiger partial charge in [-0.25, -0.2) is 0 Å². The third kappa shape index (κ3) is 1.80. The molecule has 1 aliphatic rings. The van der Waals surface area contributed by atoms with E-state index in [9.17, 15) is 0 Å². The summed E-state index contributed by atoms with van der Waals surface area (Å²) < 4.78 is 0. The molecule has 0 spiro atoms. The zero-order valence-electron chi connectivity index (χ0n) is 9.03. The van der Waals surface area contributed by atoms with Gasteiger partial charge in [0, 0.05) is 12.1 Å². The molecule has 1 aromatic rings. The molecule has 1 saturated heterocycles. The van der Waals surface area contributed by atoms with Crippen LogP contribution in [0.25, 0.3) is 0 Å². The van der Waals surface area contributed by atoms with Crippen molar-refractivity contribution in [3.63, 3.8) is 0 Å². The Morgan fingerprint density at radius 1 is 1.40 bits per heavy atom. The largest absolute Gasteiger partial charge is 0.327 e. The molecule has 0 aliphatic carbocycles. The van der Waals surface area contributed by atoms with E-state index in [1.54, 1.807) is 0 Å². The fraction of sp³-hybridized carbons (Fsp3) is 0.308. The van der Waals surface area contributed by atoms with Crippen LogP contribution in [0.5, 0.6) is 0 Å². The third-order valence-electron chi connectivity index (χ3n) is 2.85. The highest BCUT2D eigenvalue weighted by molar-refractivity contribution is 5.83. The standard InChI is InChI=1S/C13H16N2/c1-10(2)15-12(8-9-13(15)14)11-6-4-3-5-7-11/h3-7,12,14H,1,8-9H2,2H3/t12-/m0/s1. The van der Waals surface area contributed by atoms with E-state index in [1.165, 1.54) is 5.56 Å². The van der Waals surface area contributed by atoms with Crippen LogP contribution in [0, 0.1) is 5.41 Å². The Morgan fingerprint density at radius 2 is 2.07 bits per heavy atom. The summed E-state index contributed by atoms with van der Waals surface area (Å²) in [6.07, 6.45) is 1.88. The van der Waals surface area contributed by atoms with Crippen LogP contribution in [0.15, 0.2) is 42.6 Å². The normalized spacial score (nSPS) is 20.7. The van der Waals surface area contributed by atoms with E-state index in [-0.39, 0.29) is 0 Å². The average Bonchev–Trinajstić information content (AvgIpc) is 2.61. The van der Waals surface area contributed by atoms with Crippen molar-refractivity contribution in [1.82, 2.24) is 4.90 Å². The van der Waals surface area contributed by atoms with Gasteiger partial charge in [-0.3, -0.25) is 5.41 Å². The summed E-state index contributed by atoms with van der Waals surface area (Å²) in [4.78, 5) is 2.04. The average molecular weight is 200 g/mol. The van der Waals surface area contributed by atoms with Crippen LogP contribution in [-0.4, -0.2) is 10.7 Å². The summed E-state index contributed by atoms with van der Waals surface area (Å²) in [6.45, 7) is 5.92. The summed E-state index contributed by atoms with van der Waals surface area (Å²) in [5.74, 6) is 0.691. The molecule has 1 aliphatic heterocycles. The van der Waals surface area contributed by atoms with Crippen LogP contribution in [-0.2, 0) is 0 Å². The molecular weight excluding hydrogens is 184 g/mol. The minimum atomic E-state index is 0.316. The summed E-state index contributed by atoms with van der Waals surface area (Å²) in [5.41, 5.74) is 2.24. The van der Waals surface area contributed by atoms with Gasteiger partial charge >= 0.3 is 0 Å². The minimum absolute atomic E-state index is 0.316. The third-order valence-corrected chi connectivity index (χ3v) is 2.85. The number of nitrogens with one attached hydrogen (secondary N) is 1. The molecule has 78 valence electrons. The van der Waals surface area contributed by atoms with Crippen molar-refractivity contribution in [1.29, 1.82) is 5.41 Å². The van der Waals surface area contributed by atoms with Crippen LogP contribution >= 0.6 is 0 Å². The minimum Gasteiger partial charge on any atom is -0.327 e. The van der Waals surface area contributed by atoms with E-state index in [0.29, 0.717) is 11.9 Å². The number of amidine groups is 1. The van der Waals surface area contributed by atoms with E-state index in [4.69, 9.17) is 5.41 Å². The number of hydrogen-bond acceptors (Lipinski definition) is 1. The molecule has 0 saturated carbocycles. The van der Waals surface area contributed by atoms with Crippen molar-refractivity contribution < 1.29 is 0 Å². The van der Waals surface area contributed by atoms with Crippen molar-refractivity contribution in [2.75, 3.05) is 0 Å². The second-order valence-electron chi connectivity index (χ2n) is 4.02. The fourth-order valence-corrected chi connectivity index (χ4v) is 2.20. The first kappa shape index (κ1) is 9.97. The van der Waals surface area contributed by atoms with Crippen molar-refractivity contribution in [3.05, 3.63) is 48.2 Å². The smallest absolute Gasteiger partial charge is 0.101 e. The number of allylic oxidation sites excluding steroid dienone is 1. The van der Waals surface area contributed by atoms with Gasteiger partial charge < -0.3 is 4.90 Å². The molecule has 1 N–H and O–H groups in total. The molecule has 2 heteroatoms. The molecule has 1 atom stereocenters. The molecule has 0 radical (unpaired) electrons. The van der Waals surface area contributed by atoms with Crippen molar-refractivity contribution in [2.45, 2.75) is 25.8 Å². The Bertz CT molecular complexity index is 381. The first-order chi connectivity index (χ1) is 7.20. The lowest BCUT2D eigenvalue weighted by atomic mass is 10.0. The second kappa shape index (κ2) is 3.89. The molecular formula is C13H16N2. The van der Waals surface area contributed by atoms with E-state index in [0.717, 1.165) is 18.5 Å². The maximum Gasteiger partial charge on any atom is 0.101 e. The summed E-state index contributed by atoms with van der Waals surface area (Å²) in [6, 6.07) is 10.7. The van der Waals surface area contributed by atoms with E-state index < -0.39 is 0 Å². The lowest BCUT2D eigenvalue weighted by molar-refractivity contribution is 0.415. The zero-order chi connectivity index (χ0) is 10.8. The SMILES string of the molecule is C=C(C)N1C(=N)CC[C@H]1c1ccccc1. The van der Waals surface area contributed by atoms with Gasteiger partial charge in [-0.1, -0.05) is 36.9 Å². The lowest BCUT2D eigenvalue weighted by Crippen LogP contribution is -2.24. The molecule has 2 nitrogen and oxygen atoms in total. The highest BCUT2D eigenvalue weighted by atomic mass is 15.2. The van der Waals surface area contributed by atoms with Crippen molar-refractivity contribution >= 4 is 5.84 Å². The maximum absolute atomic E-state index is 7.88. The first-order valence-corrected chi connectivity index (χ1v) is 5.27. The van der Waals surface area contributed by atoms with Gasteiger partial charge in [-0.2, -0.15) is 0 Å². The Hall–Kier alpha value is -1.57. The molecule has 15 heavy (non-hydrogen) atoms. The molecule has 0 amide bonds. The number of likely N-dealkylation sites (tertiary alicyclic amines) is 1. The topological polar surface area (TPSA) is 27.1 Å². The first-order valence-electron chi connectivity index (χ1n) is 5.27. The van der Waals surface area contributed by atoms with Gasteiger partial charge in [0.2, 0.25) is 0 Å². The van der Waals surface area contributed by atoms with Gasteiger partial charge in [0.1, 0.15) is 5.84 Å². The highest BCUT2D eigenvalue weighted by Crippen LogP contribution is 2.34. The van der Waals surface area contributed by atoms with Gasteiger partial charge in [0.05, 0.1) is 6.04 Å². The zero-order valence-corrected chi connectivity index (χ0v) is 9.03. The van der Waals surface area contributed by atoms with Gasteiger partial charge in [0.15, 0.2) is 0 Å². The lowest BCUT2D eigenvalue weighted by Gasteiger charge is -2.26. The predicted octanol–water partition coefficient (Wildman–Crippen LogP) is 3.33. The van der Waals surface area contributed by atoms with E-state index >= 15 is 0 Å². The second-order valence-corrected chi connectivity index (χ2v) is 4.02. The Kier molecular flexibility index (Phi) is 2.58. The van der Waals surface area contributed by atoms with Crippen LogP contribution in [0.1, 0.15) is 31.4 Å². The van der Waals surface area contributed by atoms with Crippen LogP contribution in [0.2, 0.25) is 0 Å². The molecule has 1 aromatic carbocycles. The Balaban J connectivity index is 2.30. The summed E-state index contributed by atoms with van der Waals surface area (Å²) >= 11 is 0. The van der Waals surface area contributed by atoms with Gasteiger partial charge in [0.25, 0.3) is 0 Å². The van der Waals surface area contributed by atoms with E-state index in [1.807, 2.05) is 30.0 Å². The monoisotopic (exact) mass is 200 g/mol. The van der Waals surface area contributed by atoms with Gasteiger partial charge in [-0.05, 0) is 18.9 Å². The molecule has 0 unspecified atom stereocenters. The quantitative estimate of drug-likeness (QED) is 0.778. The van der Waals surface area contributed by atoms with Crippen molar-refractivity contribution in [2.24, 2.45) is 0 Å². The highest BCUT2D eigenvalue weighted by Gasteiger charge is 2.29. The van der Waals surface area contributed by atoms with Crippen LogP contribution in [0.3, 0.4) is 0 Å². The Labute approximate surface area is 90.7 Å². The molecule has 0 bridgehead atoms.